The topological polar surface area (TPSA) is 20.2 Å². The predicted octanol–water partition coefficient (Wildman–Crippen LogP) is 5.54. The summed E-state index contributed by atoms with van der Waals surface area (Å²) in [5, 5.41) is 8.46. The lowest BCUT2D eigenvalue weighted by Crippen LogP contribution is -2.03. The van der Waals surface area contributed by atoms with E-state index in [1.54, 1.807) is 0 Å². The maximum atomic E-state index is 14.4. The van der Waals surface area contributed by atoms with Crippen LogP contribution in [0.1, 0.15) is 5.56 Å². The Morgan fingerprint density at radius 2 is 1.46 bits per heavy atom. The Kier molecular flexibility index (Phi) is 4.28. The average Bonchev–Trinajstić information content (AvgIpc) is 2.53. The molecule has 7 heteroatoms. The Hall–Kier alpha value is -3.14. The number of fused-ring (bicyclic) bond motifs is 1. The largest absolute Gasteiger partial charge is 0.508 e. The molecule has 0 amide bonds. The lowest BCUT2D eigenvalue weighted by Gasteiger charge is -2.09. The zero-order valence-corrected chi connectivity index (χ0v) is 12.8. The Morgan fingerprint density at radius 3 is 2.08 bits per heavy atom. The summed E-state index contributed by atoms with van der Waals surface area (Å²) in [5.41, 5.74) is -0.389. The highest BCUT2D eigenvalue weighted by Gasteiger charge is 2.24. The van der Waals surface area contributed by atoms with Gasteiger partial charge in [-0.15, -0.1) is 0 Å². The smallest absolute Gasteiger partial charge is 0.458 e. The molecule has 3 rings (SSSR count). The van der Waals surface area contributed by atoms with Crippen molar-refractivity contribution >= 4 is 10.8 Å². The van der Waals surface area contributed by atoms with E-state index in [9.17, 15) is 31.4 Å². The quantitative estimate of drug-likeness (QED) is 0.443. The van der Waals surface area contributed by atoms with Crippen molar-refractivity contribution in [1.82, 2.24) is 0 Å². The van der Waals surface area contributed by atoms with Gasteiger partial charge in [0.05, 0.1) is 10.9 Å². The minimum absolute atomic E-state index is 0.0139. The van der Waals surface area contributed by atoms with E-state index in [1.807, 2.05) is 0 Å². The second-order valence-electron chi connectivity index (χ2n) is 5.40. The van der Waals surface area contributed by atoms with Gasteiger partial charge in [0.1, 0.15) is 17.4 Å². The monoisotopic (exact) mass is 366 g/mol. The summed E-state index contributed by atoms with van der Waals surface area (Å²) < 4.78 is 79.2. The fraction of sp³-hybridized carbons (Fsp3) is 0.0526. The molecular formula is C19H8F6O. The molecule has 0 heterocycles. The molecule has 1 nitrogen and oxygen atoms in total. The average molecular weight is 366 g/mol. The molecule has 132 valence electrons. The van der Waals surface area contributed by atoms with E-state index in [-0.39, 0.29) is 16.7 Å². The number of phenolic OH excluding ortho intramolecular Hbond substituents is 1. The first-order valence-corrected chi connectivity index (χ1v) is 7.16. The van der Waals surface area contributed by atoms with Crippen molar-refractivity contribution in [3.05, 3.63) is 65.5 Å². The first-order chi connectivity index (χ1) is 12.2. The molecule has 0 fully saturated rings. The molecule has 26 heavy (non-hydrogen) atoms. The molecular weight excluding hydrogens is 358 g/mol. The summed E-state index contributed by atoms with van der Waals surface area (Å²) in [4.78, 5) is 0. The number of rotatable bonds is 1. The fourth-order valence-electron chi connectivity index (χ4n) is 2.48. The maximum Gasteiger partial charge on any atom is 0.458 e. The van der Waals surface area contributed by atoms with Crippen LogP contribution in [0.4, 0.5) is 26.3 Å². The van der Waals surface area contributed by atoms with Gasteiger partial charge in [0.15, 0.2) is 5.82 Å². The molecule has 0 aliphatic rings. The van der Waals surface area contributed by atoms with Crippen molar-refractivity contribution in [2.24, 2.45) is 0 Å². The number of benzene rings is 3. The minimum atomic E-state index is -4.94. The maximum absolute atomic E-state index is 14.4. The standard InChI is InChI=1S/C19H8F6O/c20-15-9-12-7-11(10-1-3-13(26)4-2-10)8-16(21)17(12)18(22)14(15)5-6-19(23,24)25/h1-4,7-9,26H. The number of hydrogen-bond donors (Lipinski definition) is 1. The van der Waals surface area contributed by atoms with Crippen molar-refractivity contribution in [2.75, 3.05) is 0 Å². The van der Waals surface area contributed by atoms with Gasteiger partial charge in [-0.2, -0.15) is 13.2 Å². The highest BCUT2D eigenvalue weighted by atomic mass is 19.4. The van der Waals surface area contributed by atoms with Gasteiger partial charge in [0.25, 0.3) is 0 Å². The van der Waals surface area contributed by atoms with Crippen LogP contribution in [0.15, 0.2) is 42.5 Å². The molecule has 0 aliphatic carbocycles. The summed E-state index contributed by atoms with van der Waals surface area (Å²) in [7, 11) is 0. The van der Waals surface area contributed by atoms with Gasteiger partial charge in [-0.25, -0.2) is 13.2 Å². The van der Waals surface area contributed by atoms with Gasteiger partial charge in [-0.3, -0.25) is 0 Å². The molecule has 3 aromatic carbocycles. The Morgan fingerprint density at radius 1 is 0.808 bits per heavy atom. The highest BCUT2D eigenvalue weighted by molar-refractivity contribution is 5.89. The molecule has 0 aromatic heterocycles. The van der Waals surface area contributed by atoms with Crippen LogP contribution in [0.2, 0.25) is 0 Å². The molecule has 0 aliphatic heterocycles. The number of phenols is 1. The van der Waals surface area contributed by atoms with Gasteiger partial charge in [-0.05, 0) is 46.8 Å². The number of halogens is 6. The van der Waals surface area contributed by atoms with Crippen LogP contribution in [0.25, 0.3) is 21.9 Å². The van der Waals surface area contributed by atoms with E-state index in [1.165, 1.54) is 36.3 Å². The van der Waals surface area contributed by atoms with Crippen LogP contribution in [0.5, 0.6) is 5.75 Å². The summed E-state index contributed by atoms with van der Waals surface area (Å²) in [6.45, 7) is 0. The van der Waals surface area contributed by atoms with Crippen LogP contribution < -0.4 is 0 Å². The Balaban J connectivity index is 2.21. The lowest BCUT2D eigenvalue weighted by atomic mass is 9.98. The Bertz CT molecular complexity index is 1060. The highest BCUT2D eigenvalue weighted by Crippen LogP contribution is 2.32. The molecule has 3 aromatic rings. The van der Waals surface area contributed by atoms with Crippen LogP contribution >= 0.6 is 0 Å². The fourth-order valence-corrected chi connectivity index (χ4v) is 2.48. The third-order valence-electron chi connectivity index (χ3n) is 3.61. The van der Waals surface area contributed by atoms with Gasteiger partial charge in [-0.1, -0.05) is 18.1 Å². The van der Waals surface area contributed by atoms with Gasteiger partial charge < -0.3 is 5.11 Å². The van der Waals surface area contributed by atoms with E-state index in [2.05, 4.69) is 0 Å². The van der Waals surface area contributed by atoms with Crippen LogP contribution in [-0.4, -0.2) is 11.3 Å². The molecule has 0 radical (unpaired) electrons. The zero-order valence-electron chi connectivity index (χ0n) is 12.8. The predicted molar refractivity (Wildman–Crippen MR) is 83.9 cm³/mol. The van der Waals surface area contributed by atoms with E-state index >= 15 is 0 Å². The third-order valence-corrected chi connectivity index (χ3v) is 3.61. The van der Waals surface area contributed by atoms with Gasteiger partial charge in [0.2, 0.25) is 0 Å². The van der Waals surface area contributed by atoms with E-state index in [0.717, 1.165) is 18.1 Å². The summed E-state index contributed by atoms with van der Waals surface area (Å²) in [6.07, 6.45) is -4.94. The van der Waals surface area contributed by atoms with E-state index in [4.69, 9.17) is 0 Å². The lowest BCUT2D eigenvalue weighted by molar-refractivity contribution is -0.0696. The van der Waals surface area contributed by atoms with E-state index < -0.39 is 34.6 Å². The second-order valence-corrected chi connectivity index (χ2v) is 5.40. The Labute approximate surface area is 143 Å². The van der Waals surface area contributed by atoms with Crippen LogP contribution in [0, 0.1) is 29.3 Å². The van der Waals surface area contributed by atoms with Crippen molar-refractivity contribution in [3.63, 3.8) is 0 Å². The number of hydrogen-bond acceptors (Lipinski definition) is 1. The SMILES string of the molecule is Oc1ccc(-c2cc(F)c3c(F)c(C#CC(F)(F)F)c(F)cc3c2)cc1. The normalized spacial score (nSPS) is 11.3. The van der Waals surface area contributed by atoms with Crippen molar-refractivity contribution in [3.8, 4) is 28.7 Å². The molecule has 0 atom stereocenters. The molecule has 0 bridgehead atoms. The first kappa shape index (κ1) is 17.7. The summed E-state index contributed by atoms with van der Waals surface area (Å²) in [5.74, 6) is -1.76. The first-order valence-electron chi connectivity index (χ1n) is 7.16. The van der Waals surface area contributed by atoms with Crippen LogP contribution in [0.3, 0.4) is 0 Å². The molecule has 0 saturated heterocycles. The molecule has 0 saturated carbocycles. The zero-order chi connectivity index (χ0) is 19.1. The van der Waals surface area contributed by atoms with E-state index in [0.29, 0.717) is 5.56 Å². The van der Waals surface area contributed by atoms with Crippen molar-refractivity contribution in [2.45, 2.75) is 6.18 Å². The van der Waals surface area contributed by atoms with Gasteiger partial charge >= 0.3 is 6.18 Å². The summed E-state index contributed by atoms with van der Waals surface area (Å²) in [6, 6.07) is 8.65. The summed E-state index contributed by atoms with van der Waals surface area (Å²) >= 11 is 0. The number of aromatic hydroxyl groups is 1. The third kappa shape index (κ3) is 3.45. The molecule has 0 unspecified atom stereocenters. The van der Waals surface area contributed by atoms with Crippen molar-refractivity contribution < 1.29 is 31.4 Å². The van der Waals surface area contributed by atoms with Gasteiger partial charge in [0, 0.05) is 5.92 Å². The van der Waals surface area contributed by atoms with Crippen LogP contribution in [-0.2, 0) is 0 Å². The molecule has 0 spiro atoms. The second kappa shape index (κ2) is 6.30. The number of alkyl halides is 3. The molecule has 1 N–H and O–H groups in total. The minimum Gasteiger partial charge on any atom is -0.508 e. The van der Waals surface area contributed by atoms with Crippen molar-refractivity contribution in [1.29, 1.82) is 0 Å².